The number of para-hydroxylation sites is 2. The van der Waals surface area contributed by atoms with E-state index in [0.29, 0.717) is 17.5 Å². The van der Waals surface area contributed by atoms with Gasteiger partial charge in [-0.2, -0.15) is 0 Å². The summed E-state index contributed by atoms with van der Waals surface area (Å²) in [6.07, 6.45) is 0. The van der Waals surface area contributed by atoms with Crippen LogP contribution in [-0.2, 0) is 5.41 Å². The zero-order valence-electron chi connectivity index (χ0n) is 36.3. The Balaban J connectivity index is 1.02. The zero-order valence-corrected chi connectivity index (χ0v) is 36.3. The van der Waals surface area contributed by atoms with Crippen LogP contribution in [0.15, 0.2) is 211 Å². The molecule has 13 rings (SSSR count). The van der Waals surface area contributed by atoms with Crippen LogP contribution in [0.4, 0.5) is 0 Å². The summed E-state index contributed by atoms with van der Waals surface area (Å²) >= 11 is 0. The number of hydrogen-bond donors (Lipinski definition) is 0. The first-order valence-corrected chi connectivity index (χ1v) is 22.5. The Hall–Kier alpha value is -8.54. The van der Waals surface area contributed by atoms with Crippen molar-refractivity contribution in [3.8, 4) is 78.8 Å². The third kappa shape index (κ3) is 6.01. The first-order chi connectivity index (χ1) is 32.5. The molecule has 5 nitrogen and oxygen atoms in total. The zero-order chi connectivity index (χ0) is 43.9. The van der Waals surface area contributed by atoms with E-state index < -0.39 is 0 Å². The van der Waals surface area contributed by atoms with Crippen molar-refractivity contribution in [3.63, 3.8) is 0 Å². The molecule has 9 aromatic carbocycles. The number of pyridine rings is 1. The van der Waals surface area contributed by atoms with E-state index in [9.17, 15) is 0 Å². The fourth-order valence-corrected chi connectivity index (χ4v) is 10.3. The first kappa shape index (κ1) is 38.0. The lowest BCUT2D eigenvalue weighted by Gasteiger charge is -2.21. The Morgan fingerprint density at radius 1 is 0.348 bits per heavy atom. The summed E-state index contributed by atoms with van der Waals surface area (Å²) in [7, 11) is 0. The van der Waals surface area contributed by atoms with Crippen LogP contribution in [0.25, 0.3) is 122 Å². The molecule has 0 amide bonds. The summed E-state index contributed by atoms with van der Waals surface area (Å²) < 4.78 is 6.73. The lowest BCUT2D eigenvalue weighted by molar-refractivity contribution is 0.660. The highest BCUT2D eigenvalue weighted by atomic mass is 16.3. The van der Waals surface area contributed by atoms with Crippen LogP contribution in [0.3, 0.4) is 0 Å². The molecule has 0 radical (unpaired) electrons. The van der Waals surface area contributed by atoms with E-state index in [2.05, 4.69) is 196 Å². The summed E-state index contributed by atoms with van der Waals surface area (Å²) in [4.78, 5) is 21.0. The smallest absolute Gasteiger partial charge is 0.164 e. The largest absolute Gasteiger partial charge is 0.456 e. The molecule has 0 saturated carbocycles. The van der Waals surface area contributed by atoms with Crippen molar-refractivity contribution in [1.29, 1.82) is 0 Å². The number of nitrogens with zero attached hydrogens (tertiary/aromatic N) is 4. The molecule has 66 heavy (non-hydrogen) atoms. The second-order valence-electron chi connectivity index (χ2n) is 17.8. The van der Waals surface area contributed by atoms with Crippen LogP contribution in [-0.4, -0.2) is 19.9 Å². The third-order valence-electron chi connectivity index (χ3n) is 13.5. The van der Waals surface area contributed by atoms with E-state index in [1.54, 1.807) is 0 Å². The highest BCUT2D eigenvalue weighted by Crippen LogP contribution is 2.50. The molecule has 12 aromatic rings. The van der Waals surface area contributed by atoms with Crippen LogP contribution in [0.1, 0.15) is 25.0 Å². The number of furan rings is 1. The monoisotopic (exact) mass is 844 g/mol. The highest BCUT2D eigenvalue weighted by Gasteiger charge is 2.35. The van der Waals surface area contributed by atoms with Crippen molar-refractivity contribution in [2.75, 3.05) is 0 Å². The summed E-state index contributed by atoms with van der Waals surface area (Å²) in [6.45, 7) is 4.60. The van der Waals surface area contributed by atoms with Crippen LogP contribution < -0.4 is 0 Å². The maximum Gasteiger partial charge on any atom is 0.164 e. The Bertz CT molecular complexity index is 3890. The molecule has 1 aliphatic carbocycles. The second kappa shape index (κ2) is 14.8. The molecule has 0 spiro atoms. The summed E-state index contributed by atoms with van der Waals surface area (Å²) in [5.41, 5.74) is 16.7. The Kier molecular flexibility index (Phi) is 8.49. The van der Waals surface area contributed by atoms with E-state index in [1.165, 1.54) is 33.4 Å². The van der Waals surface area contributed by atoms with Gasteiger partial charge in [0.2, 0.25) is 0 Å². The van der Waals surface area contributed by atoms with Crippen molar-refractivity contribution in [1.82, 2.24) is 19.9 Å². The van der Waals surface area contributed by atoms with E-state index >= 15 is 0 Å². The molecule has 0 unspecified atom stereocenters. The minimum absolute atomic E-state index is 0.163. The molecule has 0 N–H and O–H groups in total. The lowest BCUT2D eigenvalue weighted by atomic mass is 9.82. The van der Waals surface area contributed by atoms with Crippen molar-refractivity contribution in [2.45, 2.75) is 19.3 Å². The van der Waals surface area contributed by atoms with Crippen LogP contribution >= 0.6 is 0 Å². The molecule has 3 heterocycles. The molecule has 5 heteroatoms. The van der Waals surface area contributed by atoms with E-state index in [-0.39, 0.29) is 5.41 Å². The van der Waals surface area contributed by atoms with Gasteiger partial charge in [0.1, 0.15) is 11.2 Å². The first-order valence-electron chi connectivity index (χ1n) is 22.5. The van der Waals surface area contributed by atoms with Crippen molar-refractivity contribution in [2.24, 2.45) is 0 Å². The number of aromatic nitrogens is 4. The van der Waals surface area contributed by atoms with E-state index in [4.69, 9.17) is 24.4 Å². The van der Waals surface area contributed by atoms with Gasteiger partial charge in [-0.1, -0.05) is 190 Å². The maximum atomic E-state index is 6.73. The summed E-state index contributed by atoms with van der Waals surface area (Å²) in [5, 5.41) is 5.38. The van der Waals surface area contributed by atoms with Gasteiger partial charge < -0.3 is 4.42 Å². The van der Waals surface area contributed by atoms with Crippen LogP contribution in [0.5, 0.6) is 0 Å². The molecule has 0 atom stereocenters. The predicted molar refractivity (Wildman–Crippen MR) is 270 cm³/mol. The molecule has 0 aliphatic heterocycles. The van der Waals surface area contributed by atoms with Crippen molar-refractivity contribution < 1.29 is 4.42 Å². The van der Waals surface area contributed by atoms with Gasteiger partial charge in [-0.25, -0.2) is 19.9 Å². The fourth-order valence-electron chi connectivity index (χ4n) is 10.3. The maximum absolute atomic E-state index is 6.73. The van der Waals surface area contributed by atoms with Gasteiger partial charge in [0.25, 0.3) is 0 Å². The Morgan fingerprint density at radius 2 is 0.909 bits per heavy atom. The van der Waals surface area contributed by atoms with E-state index in [0.717, 1.165) is 82.7 Å². The van der Waals surface area contributed by atoms with Gasteiger partial charge in [-0.15, -0.1) is 0 Å². The minimum Gasteiger partial charge on any atom is -0.456 e. The second-order valence-corrected chi connectivity index (χ2v) is 17.8. The van der Waals surface area contributed by atoms with Gasteiger partial charge in [-0.05, 0) is 69.3 Å². The quantitative estimate of drug-likeness (QED) is 0.156. The molecule has 1 aliphatic rings. The van der Waals surface area contributed by atoms with Crippen molar-refractivity contribution in [3.05, 3.63) is 217 Å². The highest BCUT2D eigenvalue weighted by molar-refractivity contribution is 6.27. The average Bonchev–Trinajstić information content (AvgIpc) is 3.87. The van der Waals surface area contributed by atoms with E-state index in [1.807, 2.05) is 24.3 Å². The SMILES string of the molecule is CC1(C)c2ccccc2-c2ccc(-c3nc(-c4ccccc4)nc(-c4cccc(-c5nc6ccccc6c6c(-c7ccc(-c8ccccc8)cc7)c7c(cc56)oc5ccccc57)c4)n3)cc21. The van der Waals surface area contributed by atoms with Gasteiger partial charge >= 0.3 is 0 Å². The van der Waals surface area contributed by atoms with Gasteiger partial charge in [0.15, 0.2) is 17.5 Å². The topological polar surface area (TPSA) is 64.7 Å². The third-order valence-corrected chi connectivity index (χ3v) is 13.5. The van der Waals surface area contributed by atoms with Crippen LogP contribution in [0.2, 0.25) is 0 Å². The number of fused-ring (bicyclic) bond motifs is 9. The molecule has 0 saturated heterocycles. The average molecular weight is 845 g/mol. The van der Waals surface area contributed by atoms with Gasteiger partial charge in [0, 0.05) is 60.2 Å². The molecule has 0 fully saturated rings. The number of benzene rings is 9. The molecular weight excluding hydrogens is 805 g/mol. The number of hydrogen-bond acceptors (Lipinski definition) is 5. The van der Waals surface area contributed by atoms with Crippen LogP contribution in [0, 0.1) is 0 Å². The Labute approximate surface area is 381 Å². The molecule has 310 valence electrons. The lowest BCUT2D eigenvalue weighted by Crippen LogP contribution is -2.15. The number of rotatable bonds is 6. The standard InChI is InChI=1S/C61H40N4O/c1-61(2)49-25-12-9-22-44(49)45-33-32-43(35-50(45)61)60-64-58(40-18-7-4-8-19-40)63-59(65-60)42-21-15-20-41(34-42)57-48-36-53-56(47-24-11-14-27-52(47)66-53)54(55(48)46-23-10-13-26-51(46)62-57)39-30-28-38(29-31-39)37-16-5-3-6-17-37/h3-36H,1-2H3. The van der Waals surface area contributed by atoms with Gasteiger partial charge in [0.05, 0.1) is 11.2 Å². The summed E-state index contributed by atoms with van der Waals surface area (Å²) in [6, 6.07) is 72.5. The van der Waals surface area contributed by atoms with Crippen molar-refractivity contribution >= 4 is 43.6 Å². The Morgan fingerprint density at radius 3 is 1.70 bits per heavy atom. The normalized spacial score (nSPS) is 12.8. The fraction of sp³-hybridized carbons (Fsp3) is 0.0492. The molecule has 3 aromatic heterocycles. The molecular formula is C61H40N4O. The summed E-state index contributed by atoms with van der Waals surface area (Å²) in [5.74, 6) is 1.84. The minimum atomic E-state index is -0.163. The van der Waals surface area contributed by atoms with Gasteiger partial charge in [-0.3, -0.25) is 0 Å². The predicted octanol–water partition coefficient (Wildman–Crippen LogP) is 15.8. The molecule has 0 bridgehead atoms.